The molecular formula is C9H11N3O3S. The van der Waals surface area contributed by atoms with Crippen molar-refractivity contribution in [1.82, 2.24) is 10.9 Å². The van der Waals surface area contributed by atoms with E-state index in [2.05, 4.69) is 16.2 Å². The fourth-order valence-electron chi connectivity index (χ4n) is 0.957. The molecule has 0 aromatic carbocycles. The maximum atomic E-state index is 11.5. The maximum Gasteiger partial charge on any atom is 0.272 e. The van der Waals surface area contributed by atoms with Crippen LogP contribution in [0.1, 0.15) is 24.2 Å². The first-order valence-electron chi connectivity index (χ1n) is 4.42. The van der Waals surface area contributed by atoms with Crippen LogP contribution in [-0.2, 0) is 9.59 Å². The van der Waals surface area contributed by atoms with Crippen molar-refractivity contribution < 1.29 is 14.4 Å². The Balaban J connectivity index is 2.71. The average Bonchev–Trinajstić information content (AvgIpc) is 2.61. The minimum absolute atomic E-state index is 0.254. The molecule has 0 bridgehead atoms. The largest absolute Gasteiger partial charge is 0.317 e. The van der Waals surface area contributed by atoms with Crippen LogP contribution in [0, 0.1) is 0 Å². The van der Waals surface area contributed by atoms with Crippen molar-refractivity contribution in [2.75, 3.05) is 5.32 Å². The molecule has 0 aliphatic rings. The fraction of sp³-hybridized carbons (Fsp3) is 0.222. The van der Waals surface area contributed by atoms with Gasteiger partial charge in [0.05, 0.1) is 5.56 Å². The van der Waals surface area contributed by atoms with Gasteiger partial charge in [-0.15, -0.1) is 11.3 Å². The van der Waals surface area contributed by atoms with Gasteiger partial charge in [0.2, 0.25) is 11.8 Å². The van der Waals surface area contributed by atoms with E-state index >= 15 is 0 Å². The predicted octanol–water partition coefficient (Wildman–Crippen LogP) is 0.487. The normalized spacial score (nSPS) is 9.38. The summed E-state index contributed by atoms with van der Waals surface area (Å²) in [6.07, 6.45) is 0. The third kappa shape index (κ3) is 3.35. The monoisotopic (exact) mass is 241 g/mol. The lowest BCUT2D eigenvalue weighted by atomic mass is 10.3. The molecule has 0 atom stereocenters. The second kappa shape index (κ2) is 5.26. The number of anilines is 1. The topological polar surface area (TPSA) is 87.3 Å². The van der Waals surface area contributed by atoms with Gasteiger partial charge in [0.1, 0.15) is 5.00 Å². The third-order valence-electron chi connectivity index (χ3n) is 1.55. The highest BCUT2D eigenvalue weighted by Crippen LogP contribution is 2.22. The van der Waals surface area contributed by atoms with Crippen molar-refractivity contribution in [3.8, 4) is 0 Å². The Labute approximate surface area is 96.0 Å². The molecule has 0 unspecified atom stereocenters. The number of rotatable bonds is 2. The lowest BCUT2D eigenvalue weighted by Gasteiger charge is -2.05. The van der Waals surface area contributed by atoms with E-state index in [-0.39, 0.29) is 11.8 Å². The van der Waals surface area contributed by atoms with Crippen LogP contribution in [0.5, 0.6) is 0 Å². The molecule has 3 amide bonds. The van der Waals surface area contributed by atoms with Gasteiger partial charge in [0.15, 0.2) is 0 Å². The summed E-state index contributed by atoms with van der Waals surface area (Å²) in [7, 11) is 0. The highest BCUT2D eigenvalue weighted by atomic mass is 32.1. The Kier molecular flexibility index (Phi) is 4.01. The molecule has 16 heavy (non-hydrogen) atoms. The van der Waals surface area contributed by atoms with Gasteiger partial charge in [-0.2, -0.15) is 0 Å². The molecular weight excluding hydrogens is 230 g/mol. The zero-order chi connectivity index (χ0) is 12.1. The number of hydrogen-bond acceptors (Lipinski definition) is 4. The lowest BCUT2D eigenvalue weighted by molar-refractivity contribution is -0.119. The Morgan fingerprint density at radius 3 is 2.38 bits per heavy atom. The summed E-state index contributed by atoms with van der Waals surface area (Å²) in [5, 5.41) is 4.66. The van der Waals surface area contributed by atoms with Gasteiger partial charge in [-0.05, 0) is 11.4 Å². The molecule has 1 aromatic heterocycles. The van der Waals surface area contributed by atoms with Crippen molar-refractivity contribution >= 4 is 34.1 Å². The van der Waals surface area contributed by atoms with Gasteiger partial charge >= 0.3 is 0 Å². The Hall–Kier alpha value is -1.89. The van der Waals surface area contributed by atoms with Crippen molar-refractivity contribution in [3.63, 3.8) is 0 Å². The van der Waals surface area contributed by atoms with Crippen molar-refractivity contribution in [2.45, 2.75) is 13.8 Å². The van der Waals surface area contributed by atoms with Crippen molar-refractivity contribution in [1.29, 1.82) is 0 Å². The first-order chi connectivity index (χ1) is 7.50. The van der Waals surface area contributed by atoms with Gasteiger partial charge in [0, 0.05) is 13.8 Å². The molecule has 0 saturated carbocycles. The van der Waals surface area contributed by atoms with Crippen LogP contribution < -0.4 is 16.2 Å². The molecule has 0 saturated heterocycles. The van der Waals surface area contributed by atoms with Crippen LogP contribution in [-0.4, -0.2) is 17.7 Å². The Morgan fingerprint density at radius 1 is 1.12 bits per heavy atom. The van der Waals surface area contributed by atoms with Crippen molar-refractivity contribution in [2.24, 2.45) is 0 Å². The lowest BCUT2D eigenvalue weighted by Crippen LogP contribution is -2.40. The molecule has 1 heterocycles. The maximum absolute atomic E-state index is 11.5. The Morgan fingerprint density at radius 2 is 1.81 bits per heavy atom. The summed E-state index contributed by atoms with van der Waals surface area (Å²) in [4.78, 5) is 33.0. The van der Waals surface area contributed by atoms with Gasteiger partial charge in [0.25, 0.3) is 5.91 Å². The summed E-state index contributed by atoms with van der Waals surface area (Å²) < 4.78 is 0. The minimum atomic E-state index is -0.472. The van der Waals surface area contributed by atoms with E-state index in [9.17, 15) is 14.4 Å². The van der Waals surface area contributed by atoms with E-state index in [1.165, 1.54) is 25.2 Å². The molecule has 0 spiro atoms. The zero-order valence-corrected chi connectivity index (χ0v) is 9.60. The summed E-state index contributed by atoms with van der Waals surface area (Å²) >= 11 is 1.23. The van der Waals surface area contributed by atoms with Gasteiger partial charge in [-0.1, -0.05) is 0 Å². The first-order valence-corrected chi connectivity index (χ1v) is 5.30. The van der Waals surface area contributed by atoms with Gasteiger partial charge in [-0.3, -0.25) is 25.2 Å². The van der Waals surface area contributed by atoms with E-state index in [0.717, 1.165) is 0 Å². The number of thiophene rings is 1. The SMILES string of the molecule is CC(=O)NNC(=O)c1ccsc1NC(C)=O. The molecule has 1 aromatic rings. The van der Waals surface area contributed by atoms with E-state index in [0.29, 0.717) is 10.6 Å². The summed E-state index contributed by atoms with van der Waals surface area (Å²) in [5.74, 6) is -1.10. The first kappa shape index (κ1) is 12.2. The Bertz CT molecular complexity index is 427. The van der Waals surface area contributed by atoms with Gasteiger partial charge in [-0.25, -0.2) is 0 Å². The molecule has 7 heteroatoms. The molecule has 3 N–H and O–H groups in total. The molecule has 0 fully saturated rings. The highest BCUT2D eigenvalue weighted by molar-refractivity contribution is 7.14. The predicted molar refractivity (Wildman–Crippen MR) is 59.9 cm³/mol. The third-order valence-corrected chi connectivity index (χ3v) is 2.38. The smallest absolute Gasteiger partial charge is 0.272 e. The number of hydrazine groups is 1. The summed E-state index contributed by atoms with van der Waals surface area (Å²) in [6.45, 7) is 2.64. The van der Waals surface area contributed by atoms with Crippen LogP contribution in [0.2, 0.25) is 0 Å². The number of amides is 3. The number of nitrogens with one attached hydrogen (secondary N) is 3. The summed E-state index contributed by atoms with van der Waals surface area (Å²) in [5.41, 5.74) is 4.70. The zero-order valence-electron chi connectivity index (χ0n) is 8.79. The molecule has 86 valence electrons. The quantitative estimate of drug-likeness (QED) is 0.658. The van der Waals surface area contributed by atoms with Crippen LogP contribution in [0.25, 0.3) is 0 Å². The van der Waals surface area contributed by atoms with Crippen LogP contribution in [0.4, 0.5) is 5.00 Å². The number of carbonyl (C=O) groups is 3. The molecule has 0 aliphatic heterocycles. The van der Waals surface area contributed by atoms with E-state index in [4.69, 9.17) is 0 Å². The van der Waals surface area contributed by atoms with Gasteiger partial charge < -0.3 is 5.32 Å². The average molecular weight is 241 g/mol. The van der Waals surface area contributed by atoms with Crippen LogP contribution in [0.3, 0.4) is 0 Å². The second-order valence-electron chi connectivity index (χ2n) is 2.98. The van der Waals surface area contributed by atoms with Crippen LogP contribution >= 0.6 is 11.3 Å². The van der Waals surface area contributed by atoms with E-state index in [1.807, 2.05) is 0 Å². The second-order valence-corrected chi connectivity index (χ2v) is 3.90. The molecule has 0 aliphatic carbocycles. The highest BCUT2D eigenvalue weighted by Gasteiger charge is 2.13. The molecule has 1 rings (SSSR count). The number of carbonyl (C=O) groups excluding carboxylic acids is 3. The molecule has 6 nitrogen and oxygen atoms in total. The van der Waals surface area contributed by atoms with Crippen LogP contribution in [0.15, 0.2) is 11.4 Å². The van der Waals surface area contributed by atoms with E-state index < -0.39 is 5.91 Å². The van der Waals surface area contributed by atoms with E-state index in [1.54, 1.807) is 11.4 Å². The minimum Gasteiger partial charge on any atom is -0.317 e. The fourth-order valence-corrected chi connectivity index (χ4v) is 1.79. The van der Waals surface area contributed by atoms with Crippen molar-refractivity contribution in [3.05, 3.63) is 17.0 Å². The number of hydrogen-bond donors (Lipinski definition) is 3. The molecule has 0 radical (unpaired) electrons. The summed E-state index contributed by atoms with van der Waals surface area (Å²) in [6, 6.07) is 1.56. The standard InChI is InChI=1S/C9H11N3O3S/c1-5(13)10-9-7(3-4-16-9)8(15)12-11-6(2)14/h3-4H,1-2H3,(H,10,13)(H,11,14)(H,12,15).